The van der Waals surface area contributed by atoms with Crippen LogP contribution in [0.25, 0.3) is 32.5 Å². The van der Waals surface area contributed by atoms with Gasteiger partial charge in [-0.1, -0.05) is 12.1 Å². The molecule has 2 saturated heterocycles. The number of thiophene rings is 1. The molecular weight excluding hydrogens is 488 g/mol. The van der Waals surface area contributed by atoms with E-state index in [2.05, 4.69) is 37.0 Å². The average Bonchev–Trinajstić information content (AvgIpc) is 3.56. The smallest absolute Gasteiger partial charge is 0.236 e. The molecule has 4 aromatic rings. The van der Waals surface area contributed by atoms with Crippen LogP contribution in [0.1, 0.15) is 4.88 Å². The standard InChI is InChI=1S/C26H32N8O2S/c1-31(2)23(35)17-33-8-6-32(7-9-33)16-18-14-22-24(37-18)26(34-10-12-36-13-11-34)29-25(28-22)19-4-3-5-21-20(19)15-27-30-21/h3-5,14-15H,6-13,16-17H2,1-2H3,(H,27,30). The van der Waals surface area contributed by atoms with Gasteiger partial charge in [0.25, 0.3) is 0 Å². The number of fused-ring (bicyclic) bond motifs is 2. The number of piperazine rings is 1. The number of rotatable bonds is 6. The number of benzene rings is 1. The quantitative estimate of drug-likeness (QED) is 0.414. The number of hydrogen-bond acceptors (Lipinski definition) is 9. The summed E-state index contributed by atoms with van der Waals surface area (Å²) in [7, 11) is 3.63. The molecule has 0 spiro atoms. The van der Waals surface area contributed by atoms with E-state index in [1.807, 2.05) is 32.4 Å². The van der Waals surface area contributed by atoms with Crippen LogP contribution in [0.2, 0.25) is 0 Å². The number of ether oxygens (including phenoxy) is 1. The van der Waals surface area contributed by atoms with Crippen molar-refractivity contribution in [1.82, 2.24) is 34.9 Å². The maximum Gasteiger partial charge on any atom is 0.236 e. The zero-order valence-electron chi connectivity index (χ0n) is 21.3. The zero-order chi connectivity index (χ0) is 25.4. The second kappa shape index (κ2) is 10.3. The van der Waals surface area contributed by atoms with Crippen molar-refractivity contribution in [3.63, 3.8) is 0 Å². The molecule has 37 heavy (non-hydrogen) atoms. The molecule has 6 rings (SSSR count). The summed E-state index contributed by atoms with van der Waals surface area (Å²) >= 11 is 1.79. The molecule has 2 fully saturated rings. The van der Waals surface area contributed by atoms with Crippen LogP contribution >= 0.6 is 11.3 Å². The molecule has 0 atom stereocenters. The van der Waals surface area contributed by atoms with Crippen LogP contribution in [-0.4, -0.2) is 114 Å². The number of morpholine rings is 1. The Morgan fingerprint density at radius 2 is 1.86 bits per heavy atom. The van der Waals surface area contributed by atoms with Crippen LogP contribution in [-0.2, 0) is 16.1 Å². The number of aromatic nitrogens is 4. The Balaban J connectivity index is 1.28. The van der Waals surface area contributed by atoms with Crippen molar-refractivity contribution >= 4 is 44.2 Å². The molecule has 0 radical (unpaired) electrons. The Hall–Kier alpha value is -3.12. The van der Waals surface area contributed by atoms with Crippen molar-refractivity contribution in [1.29, 1.82) is 0 Å². The van der Waals surface area contributed by atoms with Gasteiger partial charge in [0.15, 0.2) is 11.6 Å². The van der Waals surface area contributed by atoms with Gasteiger partial charge in [0.1, 0.15) is 0 Å². The lowest BCUT2D eigenvalue weighted by Crippen LogP contribution is -2.48. The number of aromatic amines is 1. The summed E-state index contributed by atoms with van der Waals surface area (Å²) in [5, 5.41) is 8.30. The summed E-state index contributed by atoms with van der Waals surface area (Å²) in [4.78, 5) is 32.2. The fourth-order valence-electron chi connectivity index (χ4n) is 4.97. The number of likely N-dealkylation sites (N-methyl/N-ethyl adjacent to an activating group) is 1. The van der Waals surface area contributed by atoms with Gasteiger partial charge in [0, 0.05) is 75.7 Å². The minimum Gasteiger partial charge on any atom is -0.378 e. The molecule has 194 valence electrons. The van der Waals surface area contributed by atoms with Crippen LogP contribution in [0, 0.1) is 0 Å². The molecule has 11 heteroatoms. The lowest BCUT2D eigenvalue weighted by molar-refractivity contribution is -0.130. The topological polar surface area (TPSA) is 93.7 Å². The summed E-state index contributed by atoms with van der Waals surface area (Å²) in [5.74, 6) is 1.88. The Labute approximate surface area is 219 Å². The first-order valence-corrected chi connectivity index (χ1v) is 13.6. The van der Waals surface area contributed by atoms with E-state index in [1.165, 1.54) is 4.88 Å². The molecule has 1 aromatic carbocycles. The SMILES string of the molecule is CN(C)C(=O)CN1CCN(Cc2cc3nc(-c4cccc5[nH]ncc45)nc(N4CCOCC4)c3s2)CC1. The summed E-state index contributed by atoms with van der Waals surface area (Å²) < 4.78 is 6.75. The van der Waals surface area contributed by atoms with Gasteiger partial charge in [-0.3, -0.25) is 19.7 Å². The van der Waals surface area contributed by atoms with Crippen molar-refractivity contribution in [2.45, 2.75) is 6.54 Å². The molecule has 0 unspecified atom stereocenters. The van der Waals surface area contributed by atoms with E-state index in [1.54, 1.807) is 16.2 Å². The summed E-state index contributed by atoms with van der Waals surface area (Å²) in [5.41, 5.74) is 2.95. The molecule has 0 saturated carbocycles. The molecule has 5 heterocycles. The van der Waals surface area contributed by atoms with Crippen molar-refractivity contribution in [2.75, 3.05) is 78.0 Å². The van der Waals surface area contributed by atoms with Gasteiger partial charge >= 0.3 is 0 Å². The van der Waals surface area contributed by atoms with Crippen molar-refractivity contribution in [2.24, 2.45) is 0 Å². The predicted octanol–water partition coefficient (Wildman–Crippen LogP) is 2.28. The van der Waals surface area contributed by atoms with Crippen LogP contribution in [0.15, 0.2) is 30.5 Å². The predicted molar refractivity (Wildman–Crippen MR) is 146 cm³/mol. The Bertz CT molecular complexity index is 1400. The first-order chi connectivity index (χ1) is 18.0. The molecule has 10 nitrogen and oxygen atoms in total. The van der Waals surface area contributed by atoms with Gasteiger partial charge in [-0.2, -0.15) is 5.10 Å². The summed E-state index contributed by atoms with van der Waals surface area (Å²) in [6.45, 7) is 8.14. The molecule has 3 aromatic heterocycles. The third kappa shape index (κ3) is 5.04. The Morgan fingerprint density at radius 1 is 1.08 bits per heavy atom. The van der Waals surface area contributed by atoms with E-state index >= 15 is 0 Å². The largest absolute Gasteiger partial charge is 0.378 e. The lowest BCUT2D eigenvalue weighted by Gasteiger charge is -2.34. The number of nitrogens with one attached hydrogen (secondary N) is 1. The Morgan fingerprint density at radius 3 is 2.65 bits per heavy atom. The fraction of sp³-hybridized carbons (Fsp3) is 0.462. The third-order valence-electron chi connectivity index (χ3n) is 7.14. The Kier molecular flexibility index (Phi) is 6.76. The monoisotopic (exact) mass is 520 g/mol. The van der Waals surface area contributed by atoms with E-state index in [9.17, 15) is 4.79 Å². The number of hydrogen-bond donors (Lipinski definition) is 1. The highest BCUT2D eigenvalue weighted by Gasteiger charge is 2.23. The van der Waals surface area contributed by atoms with Gasteiger partial charge in [-0.15, -0.1) is 11.3 Å². The van der Waals surface area contributed by atoms with Gasteiger partial charge in [0.05, 0.1) is 41.7 Å². The minimum absolute atomic E-state index is 0.161. The maximum absolute atomic E-state index is 12.1. The molecule has 1 N–H and O–H groups in total. The fourth-order valence-corrected chi connectivity index (χ4v) is 6.13. The van der Waals surface area contributed by atoms with E-state index in [0.29, 0.717) is 19.8 Å². The van der Waals surface area contributed by atoms with Gasteiger partial charge in [-0.25, -0.2) is 9.97 Å². The van der Waals surface area contributed by atoms with Crippen molar-refractivity contribution in [3.8, 4) is 11.4 Å². The first kappa shape index (κ1) is 24.2. The molecule has 0 bridgehead atoms. The second-order valence-electron chi connectivity index (χ2n) is 9.87. The number of anilines is 1. The zero-order valence-corrected chi connectivity index (χ0v) is 22.1. The number of nitrogens with zero attached hydrogens (tertiary/aromatic N) is 7. The normalized spacial score (nSPS) is 17.6. The van der Waals surface area contributed by atoms with E-state index in [4.69, 9.17) is 14.7 Å². The highest BCUT2D eigenvalue weighted by Crippen LogP contribution is 2.36. The van der Waals surface area contributed by atoms with Crippen LogP contribution in [0.5, 0.6) is 0 Å². The number of carbonyl (C=O) groups is 1. The summed E-state index contributed by atoms with van der Waals surface area (Å²) in [6.07, 6.45) is 1.84. The molecule has 2 aliphatic heterocycles. The van der Waals surface area contributed by atoms with E-state index in [-0.39, 0.29) is 5.91 Å². The molecular formula is C26H32N8O2S. The minimum atomic E-state index is 0.161. The van der Waals surface area contributed by atoms with Gasteiger partial charge in [0.2, 0.25) is 5.91 Å². The first-order valence-electron chi connectivity index (χ1n) is 12.8. The number of H-pyrrole nitrogens is 1. The average molecular weight is 521 g/mol. The van der Waals surface area contributed by atoms with E-state index < -0.39 is 0 Å². The van der Waals surface area contributed by atoms with Gasteiger partial charge in [-0.05, 0) is 12.1 Å². The highest BCUT2D eigenvalue weighted by molar-refractivity contribution is 7.19. The maximum atomic E-state index is 12.1. The highest BCUT2D eigenvalue weighted by atomic mass is 32.1. The van der Waals surface area contributed by atoms with Crippen LogP contribution in [0.4, 0.5) is 5.82 Å². The number of amides is 1. The molecule has 1 amide bonds. The van der Waals surface area contributed by atoms with Crippen molar-refractivity contribution < 1.29 is 9.53 Å². The lowest BCUT2D eigenvalue weighted by atomic mass is 10.1. The number of carbonyl (C=O) groups excluding carboxylic acids is 1. The van der Waals surface area contributed by atoms with Crippen LogP contribution in [0.3, 0.4) is 0 Å². The van der Waals surface area contributed by atoms with Crippen molar-refractivity contribution in [3.05, 3.63) is 35.3 Å². The second-order valence-corrected chi connectivity index (χ2v) is 11.0. The van der Waals surface area contributed by atoms with Gasteiger partial charge < -0.3 is 14.5 Å². The third-order valence-corrected chi connectivity index (χ3v) is 8.25. The van der Waals surface area contributed by atoms with E-state index in [0.717, 1.165) is 84.1 Å². The molecule has 2 aliphatic rings. The van der Waals surface area contributed by atoms with Crippen LogP contribution < -0.4 is 4.90 Å². The molecule has 0 aliphatic carbocycles. The summed E-state index contributed by atoms with van der Waals surface area (Å²) in [6, 6.07) is 8.33.